The molecule has 2 heteroatoms. The average Bonchev–Trinajstić information content (AvgIpc) is 2.26. The van der Waals surface area contributed by atoms with Gasteiger partial charge in [-0.05, 0) is 18.9 Å². The summed E-state index contributed by atoms with van der Waals surface area (Å²) in [5.74, 6) is 0.244. The topological polar surface area (TPSA) is 29.1 Å². The molecule has 15 heavy (non-hydrogen) atoms. The molecule has 0 spiro atoms. The Hall–Kier alpha value is -1.31. The van der Waals surface area contributed by atoms with Crippen molar-refractivity contribution in [3.8, 4) is 0 Å². The van der Waals surface area contributed by atoms with Gasteiger partial charge < -0.3 is 5.32 Å². The number of aryl methyl sites for hydroxylation is 1. The first-order valence-corrected chi connectivity index (χ1v) is 5.46. The standard InChI is InChI=1S/C13H19NO/c1-4-11(3)13(15)14-9-12-7-5-10(2)6-8-12/h5-8,11H,4,9H2,1-3H3,(H,14,15)/t11-/m0/s1. The van der Waals surface area contributed by atoms with Gasteiger partial charge in [0.1, 0.15) is 0 Å². The second-order valence-electron chi connectivity index (χ2n) is 4.01. The van der Waals surface area contributed by atoms with Gasteiger partial charge in [0.25, 0.3) is 0 Å². The van der Waals surface area contributed by atoms with Crippen LogP contribution in [0.15, 0.2) is 24.3 Å². The van der Waals surface area contributed by atoms with Crippen molar-refractivity contribution in [2.45, 2.75) is 33.7 Å². The van der Waals surface area contributed by atoms with E-state index in [9.17, 15) is 4.79 Å². The average molecular weight is 205 g/mol. The highest BCUT2D eigenvalue weighted by Gasteiger charge is 2.08. The Morgan fingerprint density at radius 2 is 1.93 bits per heavy atom. The smallest absolute Gasteiger partial charge is 0.223 e. The maximum Gasteiger partial charge on any atom is 0.223 e. The predicted molar refractivity (Wildman–Crippen MR) is 62.5 cm³/mol. The van der Waals surface area contributed by atoms with Gasteiger partial charge in [0.2, 0.25) is 5.91 Å². The van der Waals surface area contributed by atoms with Crippen LogP contribution >= 0.6 is 0 Å². The Kier molecular flexibility index (Phi) is 4.35. The number of rotatable bonds is 4. The van der Waals surface area contributed by atoms with E-state index in [1.807, 2.05) is 26.0 Å². The molecule has 2 nitrogen and oxygen atoms in total. The summed E-state index contributed by atoms with van der Waals surface area (Å²) in [7, 11) is 0. The van der Waals surface area contributed by atoms with Crippen LogP contribution in [0.25, 0.3) is 0 Å². The second kappa shape index (κ2) is 5.54. The highest BCUT2D eigenvalue weighted by molar-refractivity contribution is 5.78. The molecule has 0 aliphatic heterocycles. The first-order chi connectivity index (χ1) is 7.13. The van der Waals surface area contributed by atoms with Crippen molar-refractivity contribution < 1.29 is 4.79 Å². The normalized spacial score (nSPS) is 12.2. The quantitative estimate of drug-likeness (QED) is 0.804. The molecule has 0 saturated heterocycles. The first kappa shape index (κ1) is 11.8. The van der Waals surface area contributed by atoms with Crippen molar-refractivity contribution in [2.24, 2.45) is 5.92 Å². The molecule has 0 heterocycles. The van der Waals surface area contributed by atoms with Crippen LogP contribution in [0.3, 0.4) is 0 Å². The summed E-state index contributed by atoms with van der Waals surface area (Å²) in [6.45, 7) is 6.66. The van der Waals surface area contributed by atoms with Crippen LogP contribution in [0, 0.1) is 12.8 Å². The Morgan fingerprint density at radius 1 is 1.33 bits per heavy atom. The summed E-state index contributed by atoms with van der Waals surface area (Å²) in [6, 6.07) is 8.22. The number of nitrogens with one attached hydrogen (secondary N) is 1. The molecule has 0 aliphatic carbocycles. The van der Waals surface area contributed by atoms with Crippen LogP contribution in [0.5, 0.6) is 0 Å². The molecule has 0 aromatic heterocycles. The highest BCUT2D eigenvalue weighted by atomic mass is 16.1. The van der Waals surface area contributed by atoms with Crippen LogP contribution < -0.4 is 5.32 Å². The predicted octanol–water partition coefficient (Wildman–Crippen LogP) is 2.66. The zero-order valence-corrected chi connectivity index (χ0v) is 9.71. The van der Waals surface area contributed by atoms with Crippen molar-refractivity contribution >= 4 is 5.91 Å². The molecule has 1 aromatic rings. The summed E-state index contributed by atoms with van der Waals surface area (Å²) in [5, 5.41) is 2.93. The van der Waals surface area contributed by atoms with Gasteiger partial charge in [0.05, 0.1) is 0 Å². The van der Waals surface area contributed by atoms with E-state index in [1.54, 1.807) is 0 Å². The van der Waals surface area contributed by atoms with Crippen molar-refractivity contribution in [1.29, 1.82) is 0 Å². The van der Waals surface area contributed by atoms with Crippen molar-refractivity contribution in [3.63, 3.8) is 0 Å². The lowest BCUT2D eigenvalue weighted by molar-refractivity contribution is -0.124. The number of carbonyl (C=O) groups excluding carboxylic acids is 1. The van der Waals surface area contributed by atoms with E-state index in [1.165, 1.54) is 5.56 Å². The number of hydrogen-bond donors (Lipinski definition) is 1. The Bertz CT molecular complexity index is 316. The van der Waals surface area contributed by atoms with Crippen molar-refractivity contribution in [1.82, 2.24) is 5.32 Å². The number of amides is 1. The fraction of sp³-hybridized carbons (Fsp3) is 0.462. The third-order valence-corrected chi connectivity index (χ3v) is 2.65. The second-order valence-corrected chi connectivity index (χ2v) is 4.01. The van der Waals surface area contributed by atoms with Crippen LogP contribution in [0.4, 0.5) is 0 Å². The molecule has 0 aliphatic rings. The number of benzene rings is 1. The molecule has 1 atom stereocenters. The Labute approximate surface area is 91.7 Å². The molecule has 0 unspecified atom stereocenters. The van der Waals surface area contributed by atoms with Crippen LogP contribution in [-0.2, 0) is 11.3 Å². The summed E-state index contributed by atoms with van der Waals surface area (Å²) < 4.78 is 0. The zero-order chi connectivity index (χ0) is 11.3. The fourth-order valence-corrected chi connectivity index (χ4v) is 1.25. The van der Waals surface area contributed by atoms with Crippen LogP contribution in [0.1, 0.15) is 31.4 Å². The van der Waals surface area contributed by atoms with Gasteiger partial charge in [-0.15, -0.1) is 0 Å². The summed E-state index contributed by atoms with van der Waals surface area (Å²) in [4.78, 5) is 11.5. The molecule has 1 aromatic carbocycles. The number of hydrogen-bond acceptors (Lipinski definition) is 1. The molecule has 1 N–H and O–H groups in total. The summed E-state index contributed by atoms with van der Waals surface area (Å²) in [6.07, 6.45) is 0.889. The van der Waals surface area contributed by atoms with Gasteiger partial charge in [-0.1, -0.05) is 43.7 Å². The molecule has 0 radical (unpaired) electrons. The lowest BCUT2D eigenvalue weighted by atomic mass is 10.1. The summed E-state index contributed by atoms with van der Waals surface area (Å²) >= 11 is 0. The molecule has 0 bridgehead atoms. The molecule has 82 valence electrons. The molecule has 0 saturated carbocycles. The minimum Gasteiger partial charge on any atom is -0.352 e. The monoisotopic (exact) mass is 205 g/mol. The van der Waals surface area contributed by atoms with E-state index in [2.05, 4.69) is 24.4 Å². The molecular formula is C13H19NO. The molecular weight excluding hydrogens is 186 g/mol. The Balaban J connectivity index is 2.43. The van der Waals surface area contributed by atoms with E-state index < -0.39 is 0 Å². The highest BCUT2D eigenvalue weighted by Crippen LogP contribution is 2.04. The van der Waals surface area contributed by atoms with E-state index in [4.69, 9.17) is 0 Å². The maximum absolute atomic E-state index is 11.5. The maximum atomic E-state index is 11.5. The summed E-state index contributed by atoms with van der Waals surface area (Å²) in [5.41, 5.74) is 2.39. The van der Waals surface area contributed by atoms with Gasteiger partial charge in [-0.3, -0.25) is 4.79 Å². The zero-order valence-electron chi connectivity index (χ0n) is 9.71. The van der Waals surface area contributed by atoms with Gasteiger partial charge >= 0.3 is 0 Å². The molecule has 0 fully saturated rings. The first-order valence-electron chi connectivity index (χ1n) is 5.46. The number of carbonyl (C=O) groups is 1. The lowest BCUT2D eigenvalue weighted by Crippen LogP contribution is -2.28. The van der Waals surface area contributed by atoms with E-state index in [0.717, 1.165) is 12.0 Å². The molecule has 1 amide bonds. The van der Waals surface area contributed by atoms with Crippen LogP contribution in [-0.4, -0.2) is 5.91 Å². The van der Waals surface area contributed by atoms with Gasteiger partial charge in [0.15, 0.2) is 0 Å². The van der Waals surface area contributed by atoms with Crippen molar-refractivity contribution in [3.05, 3.63) is 35.4 Å². The largest absolute Gasteiger partial charge is 0.352 e. The van der Waals surface area contributed by atoms with Gasteiger partial charge in [0, 0.05) is 12.5 Å². The minimum absolute atomic E-state index is 0.107. The van der Waals surface area contributed by atoms with E-state index in [0.29, 0.717) is 6.54 Å². The third-order valence-electron chi connectivity index (χ3n) is 2.65. The van der Waals surface area contributed by atoms with E-state index >= 15 is 0 Å². The van der Waals surface area contributed by atoms with E-state index in [-0.39, 0.29) is 11.8 Å². The molecule has 1 rings (SSSR count). The third kappa shape index (κ3) is 3.74. The van der Waals surface area contributed by atoms with Gasteiger partial charge in [-0.2, -0.15) is 0 Å². The van der Waals surface area contributed by atoms with Crippen molar-refractivity contribution in [2.75, 3.05) is 0 Å². The Morgan fingerprint density at radius 3 is 2.47 bits per heavy atom. The fourth-order valence-electron chi connectivity index (χ4n) is 1.25. The van der Waals surface area contributed by atoms with Crippen LogP contribution in [0.2, 0.25) is 0 Å². The van der Waals surface area contributed by atoms with Gasteiger partial charge in [-0.25, -0.2) is 0 Å². The SMILES string of the molecule is CC[C@H](C)C(=O)NCc1ccc(C)cc1. The lowest BCUT2D eigenvalue weighted by Gasteiger charge is -2.09. The minimum atomic E-state index is 0.107.